The lowest BCUT2D eigenvalue weighted by Gasteiger charge is -2.14. The molecule has 18 heavy (non-hydrogen) atoms. The maximum atomic E-state index is 11.9. The minimum atomic E-state index is -3.35. The highest BCUT2D eigenvalue weighted by atomic mass is 32.2. The molecular formula is C10H19N3O3S2. The molecule has 1 heterocycles. The molecule has 0 aromatic carbocycles. The molecule has 1 aromatic rings. The third kappa shape index (κ3) is 3.56. The van der Waals surface area contributed by atoms with Gasteiger partial charge in [-0.15, -0.1) is 0 Å². The Morgan fingerprint density at radius 3 is 2.78 bits per heavy atom. The monoisotopic (exact) mass is 293 g/mol. The molecule has 1 rings (SSSR count). The van der Waals surface area contributed by atoms with Crippen LogP contribution in [0.4, 0.5) is 10.8 Å². The largest absolute Gasteiger partial charge is 0.385 e. The Bertz CT molecular complexity index is 485. The predicted molar refractivity (Wildman–Crippen MR) is 73.8 cm³/mol. The molecule has 1 aromatic heterocycles. The first-order valence-corrected chi connectivity index (χ1v) is 8.08. The fourth-order valence-corrected chi connectivity index (χ4v) is 3.69. The van der Waals surface area contributed by atoms with Crippen LogP contribution in [0.3, 0.4) is 0 Å². The highest BCUT2D eigenvalue weighted by Gasteiger charge is 2.24. The lowest BCUT2D eigenvalue weighted by Crippen LogP contribution is -2.18. The summed E-state index contributed by atoms with van der Waals surface area (Å²) in [7, 11) is -1.72. The van der Waals surface area contributed by atoms with Crippen molar-refractivity contribution in [2.75, 3.05) is 30.5 Å². The van der Waals surface area contributed by atoms with Crippen LogP contribution in [0.25, 0.3) is 0 Å². The number of hydrogen-bond acceptors (Lipinski definition) is 7. The predicted octanol–water partition coefficient (Wildman–Crippen LogP) is 1.36. The zero-order valence-electron chi connectivity index (χ0n) is 10.8. The van der Waals surface area contributed by atoms with Crippen molar-refractivity contribution < 1.29 is 13.2 Å². The number of nitrogen functional groups attached to an aromatic ring is 1. The highest BCUT2D eigenvalue weighted by Crippen LogP contribution is 2.32. The van der Waals surface area contributed by atoms with Crippen LogP contribution in [0.2, 0.25) is 0 Å². The van der Waals surface area contributed by atoms with E-state index in [2.05, 4.69) is 9.69 Å². The molecule has 0 saturated heterocycles. The van der Waals surface area contributed by atoms with Gasteiger partial charge >= 0.3 is 0 Å². The van der Waals surface area contributed by atoms with Gasteiger partial charge in [0.1, 0.15) is 9.90 Å². The van der Waals surface area contributed by atoms with Gasteiger partial charge in [-0.25, -0.2) is 8.42 Å². The van der Waals surface area contributed by atoms with Crippen LogP contribution >= 0.6 is 11.5 Å². The highest BCUT2D eigenvalue weighted by molar-refractivity contribution is 7.91. The zero-order chi connectivity index (χ0) is 13.8. The van der Waals surface area contributed by atoms with Gasteiger partial charge in [0, 0.05) is 19.8 Å². The van der Waals surface area contributed by atoms with Crippen LogP contribution in [0, 0.1) is 0 Å². The molecule has 0 radical (unpaired) electrons. The molecule has 0 spiro atoms. The van der Waals surface area contributed by atoms with Crippen LogP contribution < -0.4 is 11.1 Å². The third-order valence-electron chi connectivity index (χ3n) is 2.50. The molecule has 0 aliphatic rings. The zero-order valence-corrected chi connectivity index (χ0v) is 12.4. The Labute approximate surface area is 112 Å². The van der Waals surface area contributed by atoms with Crippen LogP contribution in [0.5, 0.6) is 0 Å². The molecule has 0 bridgehead atoms. The van der Waals surface area contributed by atoms with Crippen molar-refractivity contribution >= 4 is 32.2 Å². The molecule has 0 amide bonds. The van der Waals surface area contributed by atoms with Crippen molar-refractivity contribution in [2.24, 2.45) is 0 Å². The summed E-state index contributed by atoms with van der Waals surface area (Å²) in [5.74, 6) is 0.0832. The van der Waals surface area contributed by atoms with E-state index in [1.807, 2.05) is 6.92 Å². The van der Waals surface area contributed by atoms with E-state index in [-0.39, 0.29) is 22.5 Å². The average Bonchev–Trinajstić information content (AvgIpc) is 2.68. The molecule has 0 aliphatic carbocycles. The maximum Gasteiger partial charge on any atom is 0.184 e. The second-order valence-electron chi connectivity index (χ2n) is 3.96. The topological polar surface area (TPSA) is 94.3 Å². The van der Waals surface area contributed by atoms with E-state index >= 15 is 0 Å². The Balaban J connectivity index is 2.91. The van der Waals surface area contributed by atoms with Gasteiger partial charge in [0.2, 0.25) is 0 Å². The number of nitrogens with two attached hydrogens (primary N) is 1. The summed E-state index contributed by atoms with van der Waals surface area (Å²) in [5, 5.41) is 3.64. The molecule has 104 valence electrons. The van der Waals surface area contributed by atoms with E-state index < -0.39 is 9.84 Å². The third-order valence-corrected chi connectivity index (χ3v) is 5.21. The number of anilines is 2. The number of methoxy groups -OCH3 is 1. The van der Waals surface area contributed by atoms with E-state index in [9.17, 15) is 8.42 Å². The van der Waals surface area contributed by atoms with Gasteiger partial charge in [0.05, 0.1) is 5.75 Å². The Morgan fingerprint density at radius 1 is 1.56 bits per heavy atom. The SMILES string of the molecule is CCS(=O)(=O)c1c(N)nsc1NC(C)CCOC. The number of hydrogen-bond donors (Lipinski definition) is 2. The standard InChI is InChI=1S/C10H19N3O3S2/c1-4-18(14,15)8-9(11)13-17-10(8)12-7(2)5-6-16-3/h7,12H,4-6H2,1-3H3,(H2,11,13). The molecule has 0 fully saturated rings. The fraction of sp³-hybridized carbons (Fsp3) is 0.700. The summed E-state index contributed by atoms with van der Waals surface area (Å²) in [4.78, 5) is 0.124. The molecule has 6 nitrogen and oxygen atoms in total. The normalized spacial score (nSPS) is 13.5. The van der Waals surface area contributed by atoms with Gasteiger partial charge in [-0.2, -0.15) is 4.37 Å². The summed E-state index contributed by atoms with van der Waals surface area (Å²) in [6.45, 7) is 4.15. The number of nitrogens with one attached hydrogen (secondary N) is 1. The minimum absolute atomic E-state index is 0.0107. The molecule has 3 N–H and O–H groups in total. The van der Waals surface area contributed by atoms with E-state index in [4.69, 9.17) is 10.5 Å². The summed E-state index contributed by atoms with van der Waals surface area (Å²) >= 11 is 1.07. The van der Waals surface area contributed by atoms with E-state index in [0.29, 0.717) is 11.6 Å². The Kier molecular flexibility index (Phi) is 5.36. The van der Waals surface area contributed by atoms with Crippen LogP contribution in [-0.2, 0) is 14.6 Å². The van der Waals surface area contributed by atoms with Gasteiger partial charge in [-0.3, -0.25) is 0 Å². The number of rotatable bonds is 7. The Hall–Kier alpha value is -0.860. The van der Waals surface area contributed by atoms with Crippen molar-refractivity contribution in [3.05, 3.63) is 0 Å². The van der Waals surface area contributed by atoms with Crippen LogP contribution in [0.15, 0.2) is 4.90 Å². The fourth-order valence-electron chi connectivity index (χ4n) is 1.42. The smallest absolute Gasteiger partial charge is 0.184 e. The summed E-state index contributed by atoms with van der Waals surface area (Å²) < 4.78 is 32.7. The lowest BCUT2D eigenvalue weighted by molar-refractivity contribution is 0.191. The van der Waals surface area contributed by atoms with E-state index in [1.54, 1.807) is 14.0 Å². The second-order valence-corrected chi connectivity index (χ2v) is 6.94. The quantitative estimate of drug-likeness (QED) is 0.788. The van der Waals surface area contributed by atoms with Crippen molar-refractivity contribution in [3.8, 4) is 0 Å². The Morgan fingerprint density at radius 2 is 2.22 bits per heavy atom. The minimum Gasteiger partial charge on any atom is -0.385 e. The van der Waals surface area contributed by atoms with Crippen molar-refractivity contribution in [3.63, 3.8) is 0 Å². The summed E-state index contributed by atoms with van der Waals surface area (Å²) in [6.07, 6.45) is 0.778. The average molecular weight is 293 g/mol. The van der Waals surface area contributed by atoms with Crippen molar-refractivity contribution in [1.82, 2.24) is 4.37 Å². The van der Waals surface area contributed by atoms with Gasteiger partial charge < -0.3 is 15.8 Å². The van der Waals surface area contributed by atoms with Gasteiger partial charge in [-0.05, 0) is 24.9 Å². The van der Waals surface area contributed by atoms with Crippen molar-refractivity contribution in [2.45, 2.75) is 31.2 Å². The maximum absolute atomic E-state index is 11.9. The molecule has 1 unspecified atom stereocenters. The van der Waals surface area contributed by atoms with Gasteiger partial charge in [0.25, 0.3) is 0 Å². The lowest BCUT2D eigenvalue weighted by atomic mass is 10.2. The second kappa shape index (κ2) is 6.35. The molecular weight excluding hydrogens is 274 g/mol. The molecule has 1 atom stereocenters. The number of aromatic nitrogens is 1. The van der Waals surface area contributed by atoms with E-state index in [0.717, 1.165) is 18.0 Å². The van der Waals surface area contributed by atoms with Gasteiger partial charge in [-0.1, -0.05) is 6.92 Å². The molecule has 0 aliphatic heterocycles. The van der Waals surface area contributed by atoms with E-state index in [1.165, 1.54) is 0 Å². The van der Waals surface area contributed by atoms with Crippen LogP contribution in [-0.4, -0.2) is 38.3 Å². The first-order valence-electron chi connectivity index (χ1n) is 5.65. The number of nitrogens with zero attached hydrogens (tertiary/aromatic N) is 1. The first kappa shape index (κ1) is 15.2. The number of sulfone groups is 1. The first-order chi connectivity index (χ1) is 8.42. The molecule has 8 heteroatoms. The molecule has 0 saturated carbocycles. The van der Waals surface area contributed by atoms with Crippen LogP contribution in [0.1, 0.15) is 20.3 Å². The number of ether oxygens (including phenoxy) is 1. The van der Waals surface area contributed by atoms with Crippen molar-refractivity contribution in [1.29, 1.82) is 0 Å². The van der Waals surface area contributed by atoms with Gasteiger partial charge in [0.15, 0.2) is 15.7 Å². The summed E-state index contributed by atoms with van der Waals surface area (Å²) in [6, 6.07) is 0.0932. The summed E-state index contributed by atoms with van der Waals surface area (Å²) in [5.41, 5.74) is 5.63.